The number of rotatable bonds is 4. The largest absolute Gasteiger partial charge is 0.471 e. The number of amides is 2. The Morgan fingerprint density at radius 2 is 1.90 bits per heavy atom. The number of anilines is 2. The maximum atomic E-state index is 12.2. The van der Waals surface area contributed by atoms with Crippen molar-refractivity contribution in [3.63, 3.8) is 0 Å². The predicted octanol–water partition coefficient (Wildman–Crippen LogP) is 1.78. The van der Waals surface area contributed by atoms with Crippen LogP contribution in [0.3, 0.4) is 0 Å². The number of alkyl halides is 3. The molecule has 0 unspecified atom stereocenters. The van der Waals surface area contributed by atoms with E-state index in [2.05, 4.69) is 5.32 Å². The fraction of sp³-hybridized carbons (Fsp3) is 0.333. The van der Waals surface area contributed by atoms with Crippen LogP contribution in [-0.4, -0.2) is 24.5 Å². The molecule has 0 fully saturated rings. The maximum absolute atomic E-state index is 12.2. The van der Waals surface area contributed by atoms with Crippen LogP contribution in [0, 0.1) is 6.92 Å². The summed E-state index contributed by atoms with van der Waals surface area (Å²) in [6, 6.07) is 4.27. The van der Waals surface area contributed by atoms with E-state index < -0.39 is 12.1 Å². The second kappa shape index (κ2) is 6.38. The van der Waals surface area contributed by atoms with Crippen molar-refractivity contribution in [2.75, 3.05) is 17.2 Å². The van der Waals surface area contributed by atoms with Crippen LogP contribution in [-0.2, 0) is 9.59 Å². The molecule has 0 aliphatic heterocycles. The lowest BCUT2D eigenvalue weighted by molar-refractivity contribution is -0.167. The molecule has 110 valence electrons. The molecule has 1 rings (SSSR count). The molecular formula is C12H14F3N3O2. The number of benzene rings is 1. The zero-order chi connectivity index (χ0) is 15.3. The number of aryl methyl sites for hydroxylation is 1. The van der Waals surface area contributed by atoms with Gasteiger partial charge >= 0.3 is 12.1 Å². The van der Waals surface area contributed by atoms with Crippen LogP contribution < -0.4 is 16.4 Å². The van der Waals surface area contributed by atoms with E-state index in [1.54, 1.807) is 5.32 Å². The van der Waals surface area contributed by atoms with Gasteiger partial charge in [0.1, 0.15) is 0 Å². The van der Waals surface area contributed by atoms with Gasteiger partial charge in [-0.3, -0.25) is 9.59 Å². The van der Waals surface area contributed by atoms with Crippen LogP contribution in [0.4, 0.5) is 24.5 Å². The summed E-state index contributed by atoms with van der Waals surface area (Å²) in [6.07, 6.45) is -4.87. The van der Waals surface area contributed by atoms with E-state index in [-0.39, 0.29) is 30.2 Å². The predicted molar refractivity (Wildman–Crippen MR) is 68.2 cm³/mol. The Hall–Kier alpha value is -2.09. The molecule has 0 aromatic heterocycles. The minimum atomic E-state index is -4.97. The summed E-state index contributed by atoms with van der Waals surface area (Å²) >= 11 is 0. The summed E-state index contributed by atoms with van der Waals surface area (Å²) in [4.78, 5) is 22.2. The van der Waals surface area contributed by atoms with E-state index in [0.717, 1.165) is 0 Å². The zero-order valence-electron chi connectivity index (χ0n) is 10.7. The molecule has 5 nitrogen and oxygen atoms in total. The highest BCUT2D eigenvalue weighted by molar-refractivity contribution is 5.97. The van der Waals surface area contributed by atoms with Crippen molar-refractivity contribution in [3.05, 3.63) is 23.8 Å². The van der Waals surface area contributed by atoms with Gasteiger partial charge in [0.15, 0.2) is 0 Å². The molecule has 0 saturated heterocycles. The van der Waals surface area contributed by atoms with Crippen LogP contribution in [0.5, 0.6) is 0 Å². The van der Waals surface area contributed by atoms with Gasteiger partial charge in [0.25, 0.3) is 0 Å². The average molecular weight is 289 g/mol. The number of nitrogens with one attached hydrogen (secondary N) is 2. The summed E-state index contributed by atoms with van der Waals surface area (Å²) in [6.45, 7) is 1.70. The Balaban J connectivity index is 2.87. The molecule has 0 spiro atoms. The highest BCUT2D eigenvalue weighted by Crippen LogP contribution is 2.23. The van der Waals surface area contributed by atoms with Gasteiger partial charge in [-0.25, -0.2) is 0 Å². The minimum Gasteiger partial charge on any atom is -0.330 e. The maximum Gasteiger partial charge on any atom is 0.471 e. The van der Waals surface area contributed by atoms with E-state index in [4.69, 9.17) is 5.73 Å². The second-order valence-corrected chi connectivity index (χ2v) is 4.07. The first-order valence-corrected chi connectivity index (χ1v) is 5.73. The second-order valence-electron chi connectivity index (χ2n) is 4.07. The number of hydrogen-bond acceptors (Lipinski definition) is 3. The monoisotopic (exact) mass is 289 g/mol. The molecule has 1 aromatic carbocycles. The van der Waals surface area contributed by atoms with E-state index in [0.29, 0.717) is 5.56 Å². The molecule has 0 bridgehead atoms. The topological polar surface area (TPSA) is 84.2 Å². The molecule has 0 atom stereocenters. The van der Waals surface area contributed by atoms with Crippen molar-refractivity contribution >= 4 is 23.2 Å². The van der Waals surface area contributed by atoms with Crippen molar-refractivity contribution in [3.8, 4) is 0 Å². The van der Waals surface area contributed by atoms with Crippen molar-refractivity contribution < 1.29 is 22.8 Å². The Morgan fingerprint density at radius 1 is 1.25 bits per heavy atom. The Labute approximate surface area is 113 Å². The smallest absolute Gasteiger partial charge is 0.330 e. The summed E-state index contributed by atoms with van der Waals surface area (Å²) in [5.41, 5.74) is 5.92. The number of hydrogen-bond donors (Lipinski definition) is 3. The van der Waals surface area contributed by atoms with Crippen molar-refractivity contribution in [1.29, 1.82) is 0 Å². The third-order valence-corrected chi connectivity index (χ3v) is 2.40. The van der Waals surface area contributed by atoms with Crippen molar-refractivity contribution in [1.82, 2.24) is 0 Å². The SMILES string of the molecule is Cc1ccc(NC(=O)CCN)cc1NC(=O)C(F)(F)F. The van der Waals surface area contributed by atoms with Crippen molar-refractivity contribution in [2.45, 2.75) is 19.5 Å². The van der Waals surface area contributed by atoms with E-state index >= 15 is 0 Å². The molecular weight excluding hydrogens is 275 g/mol. The molecule has 0 aliphatic carbocycles. The summed E-state index contributed by atoms with van der Waals surface area (Å²) in [5.74, 6) is -2.42. The van der Waals surface area contributed by atoms with E-state index in [1.807, 2.05) is 0 Å². The fourth-order valence-corrected chi connectivity index (χ4v) is 1.38. The first-order chi connectivity index (χ1) is 9.24. The fourth-order valence-electron chi connectivity index (χ4n) is 1.38. The number of halogens is 3. The van der Waals surface area contributed by atoms with Gasteiger partial charge in [-0.2, -0.15) is 13.2 Å². The number of carbonyl (C=O) groups excluding carboxylic acids is 2. The normalized spacial score (nSPS) is 11.1. The van der Waals surface area contributed by atoms with Gasteiger partial charge in [-0.1, -0.05) is 6.07 Å². The third kappa shape index (κ3) is 4.54. The molecule has 0 saturated carbocycles. The van der Waals surface area contributed by atoms with Gasteiger partial charge in [0, 0.05) is 24.3 Å². The molecule has 0 radical (unpaired) electrons. The van der Waals surface area contributed by atoms with E-state index in [1.165, 1.54) is 25.1 Å². The van der Waals surface area contributed by atoms with Crippen LogP contribution in [0.1, 0.15) is 12.0 Å². The van der Waals surface area contributed by atoms with Crippen LogP contribution in [0.2, 0.25) is 0 Å². The Kier molecular flexibility index (Phi) is 5.09. The summed E-state index contributed by atoms with van der Waals surface area (Å²) in [7, 11) is 0. The van der Waals surface area contributed by atoms with Gasteiger partial charge in [0.05, 0.1) is 0 Å². The lowest BCUT2D eigenvalue weighted by Gasteiger charge is -2.12. The zero-order valence-corrected chi connectivity index (χ0v) is 10.7. The van der Waals surface area contributed by atoms with Gasteiger partial charge in [0.2, 0.25) is 5.91 Å². The Morgan fingerprint density at radius 3 is 2.45 bits per heavy atom. The lowest BCUT2D eigenvalue weighted by Crippen LogP contribution is -2.30. The first-order valence-electron chi connectivity index (χ1n) is 5.73. The van der Waals surface area contributed by atoms with Crippen LogP contribution in [0.15, 0.2) is 18.2 Å². The summed E-state index contributed by atoms with van der Waals surface area (Å²) in [5, 5.41) is 4.23. The Bertz CT molecular complexity index is 515. The first kappa shape index (κ1) is 16.0. The molecule has 4 N–H and O–H groups in total. The summed E-state index contributed by atoms with van der Waals surface area (Å²) < 4.78 is 36.5. The third-order valence-electron chi connectivity index (χ3n) is 2.40. The van der Waals surface area contributed by atoms with Crippen LogP contribution in [0.25, 0.3) is 0 Å². The highest BCUT2D eigenvalue weighted by Gasteiger charge is 2.38. The van der Waals surface area contributed by atoms with Gasteiger partial charge < -0.3 is 16.4 Å². The number of nitrogens with two attached hydrogens (primary N) is 1. The standard InChI is InChI=1S/C12H14F3N3O2/c1-7-2-3-8(17-10(19)4-5-16)6-9(7)18-11(20)12(13,14)15/h2-3,6H,4-5,16H2,1H3,(H,17,19)(H,18,20). The van der Waals surface area contributed by atoms with E-state index in [9.17, 15) is 22.8 Å². The lowest BCUT2D eigenvalue weighted by atomic mass is 10.1. The quantitative estimate of drug-likeness (QED) is 0.790. The number of carbonyl (C=O) groups is 2. The average Bonchev–Trinajstić information content (AvgIpc) is 2.32. The molecule has 8 heteroatoms. The molecule has 0 heterocycles. The van der Waals surface area contributed by atoms with Crippen molar-refractivity contribution in [2.24, 2.45) is 5.73 Å². The molecule has 20 heavy (non-hydrogen) atoms. The van der Waals surface area contributed by atoms with Gasteiger partial charge in [-0.15, -0.1) is 0 Å². The molecule has 1 aromatic rings. The van der Waals surface area contributed by atoms with Crippen LogP contribution >= 0.6 is 0 Å². The minimum absolute atomic E-state index is 0.0159. The van der Waals surface area contributed by atoms with Gasteiger partial charge in [-0.05, 0) is 24.6 Å². The molecule has 0 aliphatic rings. The molecule has 2 amide bonds. The highest BCUT2D eigenvalue weighted by atomic mass is 19.4.